The topological polar surface area (TPSA) is 88.8 Å². The Balaban J connectivity index is 1.60. The zero-order valence-corrected chi connectivity index (χ0v) is 17.4. The van der Waals surface area contributed by atoms with E-state index in [0.717, 1.165) is 31.6 Å². The number of methoxy groups -OCH3 is 1. The summed E-state index contributed by atoms with van der Waals surface area (Å²) >= 11 is 6.00. The van der Waals surface area contributed by atoms with Gasteiger partial charge in [-0.1, -0.05) is 17.7 Å². The van der Waals surface area contributed by atoms with Gasteiger partial charge in [-0.25, -0.2) is 9.78 Å². The first-order valence-corrected chi connectivity index (χ1v) is 9.86. The average Bonchev–Trinajstić information content (AvgIpc) is 2.73. The number of amides is 1. The molecule has 154 valence electrons. The summed E-state index contributed by atoms with van der Waals surface area (Å²) < 4.78 is 4.74. The monoisotopic (exact) mass is 416 g/mol. The number of nitrogens with zero attached hydrogens (tertiary/aromatic N) is 3. The number of halogens is 1. The molecule has 0 unspecified atom stereocenters. The van der Waals surface area contributed by atoms with E-state index < -0.39 is 5.97 Å². The van der Waals surface area contributed by atoms with E-state index in [9.17, 15) is 9.59 Å². The fourth-order valence-corrected chi connectivity index (χ4v) is 3.72. The number of nitrogen functional groups attached to an aromatic ring is 1. The molecule has 1 amide bonds. The minimum absolute atomic E-state index is 0.0851. The van der Waals surface area contributed by atoms with Crippen LogP contribution in [0.5, 0.6) is 0 Å². The molecule has 2 aromatic rings. The molecule has 2 heterocycles. The predicted octanol–water partition coefficient (Wildman–Crippen LogP) is 2.95. The highest BCUT2D eigenvalue weighted by Gasteiger charge is 2.25. The van der Waals surface area contributed by atoms with Crippen molar-refractivity contribution in [1.82, 2.24) is 9.88 Å². The van der Waals surface area contributed by atoms with Crippen LogP contribution in [0, 0.1) is 0 Å². The largest absolute Gasteiger partial charge is 0.465 e. The van der Waals surface area contributed by atoms with Crippen LogP contribution in [0.2, 0.25) is 5.15 Å². The first kappa shape index (κ1) is 21.1. The van der Waals surface area contributed by atoms with Crippen molar-refractivity contribution in [3.63, 3.8) is 0 Å². The quantitative estimate of drug-likeness (QED) is 0.458. The summed E-state index contributed by atoms with van der Waals surface area (Å²) in [5.74, 6) is -0.202. The molecule has 1 aliphatic rings. The molecule has 7 nitrogen and oxygen atoms in total. The zero-order valence-electron chi connectivity index (χ0n) is 16.6. The Morgan fingerprint density at radius 1 is 1.28 bits per heavy atom. The summed E-state index contributed by atoms with van der Waals surface area (Å²) in [7, 11) is 2.98. The van der Waals surface area contributed by atoms with Gasteiger partial charge < -0.3 is 15.4 Å². The van der Waals surface area contributed by atoms with Crippen LogP contribution in [0.15, 0.2) is 36.4 Å². The predicted molar refractivity (Wildman–Crippen MR) is 113 cm³/mol. The molecule has 0 atom stereocenters. The Hall–Kier alpha value is -2.64. The number of likely N-dealkylation sites (N-methyl/N-ethyl adjacent to an activating group) is 1. The van der Waals surface area contributed by atoms with Crippen molar-refractivity contribution in [2.75, 3.05) is 44.4 Å². The molecule has 29 heavy (non-hydrogen) atoms. The number of hydrogen-bond acceptors (Lipinski definition) is 6. The van der Waals surface area contributed by atoms with Crippen molar-refractivity contribution in [2.24, 2.45) is 0 Å². The Morgan fingerprint density at radius 2 is 2.00 bits per heavy atom. The molecule has 8 heteroatoms. The minimum Gasteiger partial charge on any atom is -0.465 e. The van der Waals surface area contributed by atoms with Crippen LogP contribution in [0.25, 0.3) is 0 Å². The molecule has 3 rings (SSSR count). The van der Waals surface area contributed by atoms with Crippen LogP contribution >= 0.6 is 11.6 Å². The van der Waals surface area contributed by atoms with Gasteiger partial charge in [0.1, 0.15) is 5.15 Å². The lowest BCUT2D eigenvalue weighted by Gasteiger charge is -2.32. The van der Waals surface area contributed by atoms with Gasteiger partial charge in [-0.3, -0.25) is 9.69 Å². The summed E-state index contributed by atoms with van der Waals surface area (Å²) in [6.07, 6.45) is 1.84. The Morgan fingerprint density at radius 3 is 2.66 bits per heavy atom. The van der Waals surface area contributed by atoms with E-state index in [1.54, 1.807) is 31.3 Å². The standard InChI is InChI=1S/C21H25ClN4O3/c1-25(18-12-15(21(28)29-2)6-7-16(18)23)20(27)13-26-10-8-14(9-11-26)17-4-3-5-19(22)24-17/h3-7,12,14H,8-11,13,23H2,1-2H3. The number of ether oxygens (including phenoxy) is 1. The minimum atomic E-state index is -0.469. The van der Waals surface area contributed by atoms with Gasteiger partial charge in [0.2, 0.25) is 5.91 Å². The van der Waals surface area contributed by atoms with Crippen LogP contribution < -0.4 is 10.6 Å². The van der Waals surface area contributed by atoms with Crippen molar-refractivity contribution in [3.8, 4) is 0 Å². The van der Waals surface area contributed by atoms with Gasteiger partial charge in [0.25, 0.3) is 0 Å². The molecule has 0 radical (unpaired) electrons. The third-order valence-electron chi connectivity index (χ3n) is 5.29. The summed E-state index contributed by atoms with van der Waals surface area (Å²) in [6, 6.07) is 10.5. The number of anilines is 2. The van der Waals surface area contributed by atoms with Gasteiger partial charge in [-0.15, -0.1) is 0 Å². The second-order valence-corrected chi connectivity index (χ2v) is 7.54. The Labute approximate surface area is 175 Å². The molecule has 1 saturated heterocycles. The first-order valence-electron chi connectivity index (χ1n) is 9.48. The Bertz CT molecular complexity index is 897. The number of carbonyl (C=O) groups excluding carboxylic acids is 2. The van der Waals surface area contributed by atoms with Crippen molar-refractivity contribution < 1.29 is 14.3 Å². The lowest BCUT2D eigenvalue weighted by molar-refractivity contribution is -0.119. The van der Waals surface area contributed by atoms with E-state index in [1.165, 1.54) is 12.0 Å². The molecular formula is C21H25ClN4O3. The molecule has 1 aromatic heterocycles. The number of carbonyl (C=O) groups is 2. The van der Waals surface area contributed by atoms with Crippen LogP contribution in [-0.2, 0) is 9.53 Å². The summed E-state index contributed by atoms with van der Waals surface area (Å²) in [5, 5.41) is 0.508. The van der Waals surface area contributed by atoms with Crippen molar-refractivity contribution in [3.05, 3.63) is 52.8 Å². The van der Waals surface area contributed by atoms with E-state index in [-0.39, 0.29) is 12.5 Å². The number of aromatic nitrogens is 1. The molecule has 2 N–H and O–H groups in total. The lowest BCUT2D eigenvalue weighted by atomic mass is 9.93. The Kier molecular flexibility index (Phi) is 6.71. The number of rotatable bonds is 5. The number of nitrogens with two attached hydrogens (primary N) is 1. The number of benzene rings is 1. The summed E-state index contributed by atoms with van der Waals surface area (Å²) in [4.78, 5) is 32.6. The van der Waals surface area contributed by atoms with Gasteiger partial charge in [0, 0.05) is 18.7 Å². The van der Waals surface area contributed by atoms with Crippen LogP contribution in [0.3, 0.4) is 0 Å². The molecule has 0 spiro atoms. The second-order valence-electron chi connectivity index (χ2n) is 7.15. The molecule has 1 aromatic carbocycles. The zero-order chi connectivity index (χ0) is 21.0. The van der Waals surface area contributed by atoms with Gasteiger partial charge in [0.15, 0.2) is 0 Å². The van der Waals surface area contributed by atoms with Gasteiger partial charge >= 0.3 is 5.97 Å². The lowest BCUT2D eigenvalue weighted by Crippen LogP contribution is -2.42. The number of pyridine rings is 1. The van der Waals surface area contributed by atoms with E-state index >= 15 is 0 Å². The number of esters is 1. The molecule has 0 saturated carbocycles. The maximum absolute atomic E-state index is 12.8. The summed E-state index contributed by atoms with van der Waals surface area (Å²) in [5.41, 5.74) is 8.31. The molecule has 1 aliphatic heterocycles. The van der Waals surface area contributed by atoms with E-state index in [1.807, 2.05) is 12.1 Å². The molecule has 0 aliphatic carbocycles. The molecular weight excluding hydrogens is 392 g/mol. The van der Waals surface area contributed by atoms with Crippen LogP contribution in [-0.4, -0.2) is 55.6 Å². The van der Waals surface area contributed by atoms with Gasteiger partial charge in [-0.05, 0) is 56.3 Å². The third kappa shape index (κ3) is 5.05. The fraction of sp³-hybridized carbons (Fsp3) is 0.381. The maximum Gasteiger partial charge on any atom is 0.337 e. The molecule has 1 fully saturated rings. The van der Waals surface area contributed by atoms with Gasteiger partial charge in [0.05, 0.1) is 30.6 Å². The highest BCUT2D eigenvalue weighted by molar-refractivity contribution is 6.29. The third-order valence-corrected chi connectivity index (χ3v) is 5.50. The highest BCUT2D eigenvalue weighted by atomic mass is 35.5. The van der Waals surface area contributed by atoms with Crippen LogP contribution in [0.4, 0.5) is 11.4 Å². The SMILES string of the molecule is COC(=O)c1ccc(N)c(N(C)C(=O)CN2CCC(c3cccc(Cl)n3)CC2)c1. The van der Waals surface area contributed by atoms with Crippen LogP contribution in [0.1, 0.15) is 34.8 Å². The number of hydrogen-bond donors (Lipinski definition) is 1. The first-order chi connectivity index (χ1) is 13.9. The van der Waals surface area contributed by atoms with Crippen molar-refractivity contribution >= 4 is 34.9 Å². The normalized spacial score (nSPS) is 15.1. The number of likely N-dealkylation sites (tertiary alicyclic amines) is 1. The van der Waals surface area contributed by atoms with E-state index in [0.29, 0.717) is 28.0 Å². The molecule has 0 bridgehead atoms. The van der Waals surface area contributed by atoms with E-state index in [4.69, 9.17) is 22.1 Å². The number of piperidine rings is 1. The second kappa shape index (κ2) is 9.24. The van der Waals surface area contributed by atoms with E-state index in [2.05, 4.69) is 9.88 Å². The van der Waals surface area contributed by atoms with Gasteiger partial charge in [-0.2, -0.15) is 0 Å². The fourth-order valence-electron chi connectivity index (χ4n) is 3.55. The van der Waals surface area contributed by atoms with Crippen molar-refractivity contribution in [1.29, 1.82) is 0 Å². The maximum atomic E-state index is 12.8. The summed E-state index contributed by atoms with van der Waals surface area (Å²) in [6.45, 7) is 1.89. The average molecular weight is 417 g/mol. The van der Waals surface area contributed by atoms with Crippen molar-refractivity contribution in [2.45, 2.75) is 18.8 Å². The highest BCUT2D eigenvalue weighted by Crippen LogP contribution is 2.28. The smallest absolute Gasteiger partial charge is 0.337 e.